The molecule has 0 radical (unpaired) electrons. The first-order chi connectivity index (χ1) is 7.26. The highest BCUT2D eigenvalue weighted by Gasteiger charge is 2.08. The third kappa shape index (κ3) is 2.42. The predicted octanol–water partition coefficient (Wildman–Crippen LogP) is 1.57. The smallest absolute Gasteiger partial charge is 0.161 e. The lowest BCUT2D eigenvalue weighted by molar-refractivity contribution is 0.280. The van der Waals surface area contributed by atoms with Gasteiger partial charge in [0.1, 0.15) is 0 Å². The number of aliphatic hydroxyl groups is 1. The Morgan fingerprint density at radius 1 is 1.20 bits per heavy atom. The van der Waals surface area contributed by atoms with Crippen LogP contribution in [0.1, 0.15) is 18.1 Å². The third-order valence-corrected chi connectivity index (χ3v) is 2.04. The molecule has 3 heteroatoms. The van der Waals surface area contributed by atoms with E-state index < -0.39 is 0 Å². The zero-order valence-corrected chi connectivity index (χ0v) is 9.13. The first-order valence-electron chi connectivity index (χ1n) is 4.55. The maximum Gasteiger partial charge on any atom is 0.161 e. The van der Waals surface area contributed by atoms with Crippen LogP contribution in [-0.2, 0) is 6.61 Å². The monoisotopic (exact) mass is 206 g/mol. The number of methoxy groups -OCH3 is 2. The van der Waals surface area contributed by atoms with Crippen LogP contribution in [0.3, 0.4) is 0 Å². The third-order valence-electron chi connectivity index (χ3n) is 2.04. The van der Waals surface area contributed by atoms with Gasteiger partial charge in [0.25, 0.3) is 0 Å². The predicted molar refractivity (Wildman–Crippen MR) is 58.0 cm³/mol. The molecule has 3 nitrogen and oxygen atoms in total. The fraction of sp³-hybridized carbons (Fsp3) is 0.333. The second-order valence-electron chi connectivity index (χ2n) is 2.90. The number of rotatable bonds is 3. The van der Waals surface area contributed by atoms with Gasteiger partial charge in [-0.05, 0) is 24.6 Å². The SMILES string of the molecule is CC#Cc1cc(OC)c(OC)cc1CO. The number of hydrogen-bond acceptors (Lipinski definition) is 3. The van der Waals surface area contributed by atoms with E-state index >= 15 is 0 Å². The maximum absolute atomic E-state index is 9.16. The minimum absolute atomic E-state index is 0.0651. The van der Waals surface area contributed by atoms with Crippen molar-refractivity contribution >= 4 is 0 Å². The molecule has 0 saturated heterocycles. The van der Waals surface area contributed by atoms with Crippen molar-refractivity contribution in [2.24, 2.45) is 0 Å². The second-order valence-corrected chi connectivity index (χ2v) is 2.90. The van der Waals surface area contributed by atoms with E-state index in [2.05, 4.69) is 11.8 Å². The largest absolute Gasteiger partial charge is 0.493 e. The van der Waals surface area contributed by atoms with Crippen LogP contribution in [0.2, 0.25) is 0 Å². The Bertz CT molecular complexity index is 399. The van der Waals surface area contributed by atoms with Gasteiger partial charge in [-0.15, -0.1) is 5.92 Å². The van der Waals surface area contributed by atoms with Gasteiger partial charge in [-0.1, -0.05) is 5.92 Å². The highest BCUT2D eigenvalue weighted by Crippen LogP contribution is 2.30. The molecule has 0 fully saturated rings. The van der Waals surface area contributed by atoms with E-state index in [0.29, 0.717) is 11.5 Å². The first kappa shape index (κ1) is 11.4. The summed E-state index contributed by atoms with van der Waals surface area (Å²) in [6.07, 6.45) is 0. The topological polar surface area (TPSA) is 38.7 Å². The highest BCUT2D eigenvalue weighted by atomic mass is 16.5. The van der Waals surface area contributed by atoms with E-state index in [4.69, 9.17) is 14.6 Å². The van der Waals surface area contributed by atoms with Crippen LogP contribution in [0, 0.1) is 11.8 Å². The zero-order valence-electron chi connectivity index (χ0n) is 9.13. The highest BCUT2D eigenvalue weighted by molar-refractivity contribution is 5.53. The van der Waals surface area contributed by atoms with Crippen LogP contribution in [0.15, 0.2) is 12.1 Å². The van der Waals surface area contributed by atoms with Crippen LogP contribution in [0.4, 0.5) is 0 Å². The molecule has 1 N–H and O–H groups in total. The number of hydrogen-bond donors (Lipinski definition) is 1. The molecule has 15 heavy (non-hydrogen) atoms. The molecular formula is C12H14O3. The van der Waals surface area contributed by atoms with Crippen molar-refractivity contribution in [1.29, 1.82) is 0 Å². The summed E-state index contributed by atoms with van der Waals surface area (Å²) in [4.78, 5) is 0. The summed E-state index contributed by atoms with van der Waals surface area (Å²) in [7, 11) is 3.13. The van der Waals surface area contributed by atoms with Crippen LogP contribution in [-0.4, -0.2) is 19.3 Å². The van der Waals surface area contributed by atoms with Gasteiger partial charge in [0.2, 0.25) is 0 Å². The molecule has 0 aliphatic heterocycles. The Kier molecular flexibility index (Phi) is 4.02. The summed E-state index contributed by atoms with van der Waals surface area (Å²) in [5, 5.41) is 9.16. The molecule has 0 aliphatic carbocycles. The molecule has 1 rings (SSSR count). The van der Waals surface area contributed by atoms with Crippen LogP contribution >= 0.6 is 0 Å². The molecule has 0 unspecified atom stereocenters. The Hall–Kier alpha value is -1.66. The fourth-order valence-electron chi connectivity index (χ4n) is 1.30. The molecule has 1 aromatic carbocycles. The van der Waals surface area contributed by atoms with Crippen molar-refractivity contribution in [2.45, 2.75) is 13.5 Å². The minimum Gasteiger partial charge on any atom is -0.493 e. The van der Waals surface area contributed by atoms with Gasteiger partial charge in [0.15, 0.2) is 11.5 Å². The number of benzene rings is 1. The normalized spacial score (nSPS) is 9.07. The molecule has 0 aliphatic rings. The average molecular weight is 206 g/mol. The Labute approximate surface area is 89.6 Å². The van der Waals surface area contributed by atoms with Crippen LogP contribution in [0.5, 0.6) is 11.5 Å². The molecule has 0 amide bonds. The molecular weight excluding hydrogens is 192 g/mol. The van der Waals surface area contributed by atoms with E-state index in [9.17, 15) is 0 Å². The van der Waals surface area contributed by atoms with Crippen molar-refractivity contribution in [3.63, 3.8) is 0 Å². The Morgan fingerprint density at radius 2 is 1.80 bits per heavy atom. The first-order valence-corrected chi connectivity index (χ1v) is 4.55. The number of aliphatic hydroxyl groups excluding tert-OH is 1. The average Bonchev–Trinajstić information content (AvgIpc) is 2.28. The minimum atomic E-state index is -0.0651. The van der Waals surface area contributed by atoms with Crippen molar-refractivity contribution in [3.8, 4) is 23.3 Å². The summed E-state index contributed by atoms with van der Waals surface area (Å²) < 4.78 is 10.3. The molecule has 0 aromatic heterocycles. The van der Waals surface area contributed by atoms with Gasteiger partial charge in [-0.25, -0.2) is 0 Å². The Morgan fingerprint density at radius 3 is 2.27 bits per heavy atom. The van der Waals surface area contributed by atoms with Crippen molar-refractivity contribution < 1.29 is 14.6 Å². The van der Waals surface area contributed by atoms with E-state index in [1.807, 2.05) is 0 Å². The summed E-state index contributed by atoms with van der Waals surface area (Å²) in [6, 6.07) is 3.50. The molecule has 80 valence electrons. The molecule has 0 atom stereocenters. The summed E-state index contributed by atoms with van der Waals surface area (Å²) in [6.45, 7) is 1.68. The lowest BCUT2D eigenvalue weighted by Crippen LogP contribution is -1.96. The van der Waals surface area contributed by atoms with Gasteiger partial charge in [-0.2, -0.15) is 0 Å². The molecule has 0 spiro atoms. The summed E-state index contributed by atoms with van der Waals surface area (Å²) >= 11 is 0. The molecule has 1 aromatic rings. The van der Waals surface area contributed by atoms with Gasteiger partial charge < -0.3 is 14.6 Å². The van der Waals surface area contributed by atoms with Gasteiger partial charge in [0, 0.05) is 5.56 Å². The quantitative estimate of drug-likeness (QED) is 0.763. The van der Waals surface area contributed by atoms with Gasteiger partial charge in [-0.3, -0.25) is 0 Å². The van der Waals surface area contributed by atoms with E-state index in [-0.39, 0.29) is 6.61 Å². The van der Waals surface area contributed by atoms with Crippen molar-refractivity contribution in [1.82, 2.24) is 0 Å². The number of ether oxygens (including phenoxy) is 2. The molecule has 0 heterocycles. The second kappa shape index (κ2) is 5.28. The van der Waals surface area contributed by atoms with Gasteiger partial charge >= 0.3 is 0 Å². The zero-order chi connectivity index (χ0) is 11.3. The maximum atomic E-state index is 9.16. The standard InChI is InChI=1S/C12H14O3/c1-4-5-9-6-11(14-2)12(15-3)7-10(9)8-13/h6-7,13H,8H2,1-3H3. The van der Waals surface area contributed by atoms with E-state index in [1.165, 1.54) is 0 Å². The summed E-state index contributed by atoms with van der Waals surface area (Å²) in [5.74, 6) is 6.92. The van der Waals surface area contributed by atoms with Crippen LogP contribution in [0.25, 0.3) is 0 Å². The lowest BCUT2D eigenvalue weighted by atomic mass is 10.1. The lowest BCUT2D eigenvalue weighted by Gasteiger charge is -2.10. The van der Waals surface area contributed by atoms with Crippen molar-refractivity contribution in [2.75, 3.05) is 14.2 Å². The Balaban J connectivity index is 3.31. The molecule has 0 saturated carbocycles. The molecule has 0 bridgehead atoms. The van der Waals surface area contributed by atoms with Gasteiger partial charge in [0.05, 0.1) is 20.8 Å². The van der Waals surface area contributed by atoms with E-state index in [0.717, 1.165) is 11.1 Å². The van der Waals surface area contributed by atoms with E-state index in [1.54, 1.807) is 33.3 Å². The van der Waals surface area contributed by atoms with Crippen molar-refractivity contribution in [3.05, 3.63) is 23.3 Å². The summed E-state index contributed by atoms with van der Waals surface area (Å²) in [5.41, 5.74) is 1.50. The fourth-order valence-corrected chi connectivity index (χ4v) is 1.30. The van der Waals surface area contributed by atoms with Crippen LogP contribution < -0.4 is 9.47 Å².